The summed E-state index contributed by atoms with van der Waals surface area (Å²) in [5, 5.41) is 11.3. The van der Waals surface area contributed by atoms with Crippen LogP contribution in [0, 0.1) is 6.92 Å². The Morgan fingerprint density at radius 1 is 1.19 bits per heavy atom. The highest BCUT2D eigenvalue weighted by atomic mass is 32.1. The van der Waals surface area contributed by atoms with Gasteiger partial charge in [0, 0.05) is 41.5 Å². The number of benzene rings is 1. The van der Waals surface area contributed by atoms with Gasteiger partial charge in [-0.15, -0.1) is 5.10 Å². The smallest absolute Gasteiger partial charge is 0.276 e. The highest BCUT2D eigenvalue weighted by molar-refractivity contribution is 7.79. The molecular formula is C22H19F2N5OS. The molecule has 158 valence electrons. The van der Waals surface area contributed by atoms with Crippen LogP contribution in [0.25, 0.3) is 16.7 Å². The van der Waals surface area contributed by atoms with E-state index >= 15 is 0 Å². The standard InChI is InChI=1S/C22H19F2N5OS/c1-13-3-4-17(28-21(30)20-8-16(11-27-29-20)22(2,23)24)9-18(13)14-5-6-26-19(7-14)15(10-25)12-31/h3-12H,25H2,1-2H3,(H,28,30)/b15-10+. The van der Waals surface area contributed by atoms with Crippen molar-refractivity contribution in [3.8, 4) is 11.1 Å². The van der Waals surface area contributed by atoms with Gasteiger partial charge in [0.2, 0.25) is 0 Å². The molecule has 0 aliphatic heterocycles. The Morgan fingerprint density at radius 2 is 1.97 bits per heavy atom. The van der Waals surface area contributed by atoms with Crippen LogP contribution in [0.4, 0.5) is 14.5 Å². The first-order valence-electron chi connectivity index (χ1n) is 9.20. The molecule has 0 aliphatic rings. The number of aromatic nitrogens is 3. The van der Waals surface area contributed by atoms with Crippen molar-refractivity contribution in [2.24, 2.45) is 5.73 Å². The largest absolute Gasteiger partial charge is 0.404 e. The normalized spacial score (nSPS) is 11.8. The summed E-state index contributed by atoms with van der Waals surface area (Å²) >= 11 is 4.97. The van der Waals surface area contributed by atoms with E-state index in [9.17, 15) is 13.6 Å². The number of thiocarbonyl (C=S) groups is 1. The van der Waals surface area contributed by atoms with E-state index in [0.29, 0.717) is 17.0 Å². The number of hydrogen-bond donors (Lipinski definition) is 2. The molecule has 1 amide bonds. The molecule has 2 aromatic heterocycles. The van der Waals surface area contributed by atoms with E-state index < -0.39 is 11.8 Å². The number of carbonyl (C=O) groups excluding carboxylic acids is 1. The third-order valence-electron chi connectivity index (χ3n) is 4.56. The number of nitrogens with one attached hydrogen (secondary N) is 1. The van der Waals surface area contributed by atoms with Crippen LogP contribution < -0.4 is 11.1 Å². The summed E-state index contributed by atoms with van der Waals surface area (Å²) in [6, 6.07) is 10.0. The van der Waals surface area contributed by atoms with Gasteiger partial charge in [0.1, 0.15) is 0 Å². The summed E-state index contributed by atoms with van der Waals surface area (Å²) in [5.74, 6) is -3.77. The fourth-order valence-electron chi connectivity index (χ4n) is 2.86. The molecule has 3 N–H and O–H groups in total. The molecular weight excluding hydrogens is 420 g/mol. The number of anilines is 1. The molecule has 0 fully saturated rings. The van der Waals surface area contributed by atoms with Crippen LogP contribution in [-0.2, 0) is 5.92 Å². The molecule has 0 unspecified atom stereocenters. The van der Waals surface area contributed by atoms with Gasteiger partial charge in [0.15, 0.2) is 5.69 Å². The molecule has 0 spiro atoms. The molecule has 31 heavy (non-hydrogen) atoms. The van der Waals surface area contributed by atoms with Gasteiger partial charge in [0.25, 0.3) is 11.8 Å². The Balaban J connectivity index is 1.91. The van der Waals surface area contributed by atoms with Gasteiger partial charge >= 0.3 is 0 Å². The maximum atomic E-state index is 13.5. The lowest BCUT2D eigenvalue weighted by Crippen LogP contribution is -2.17. The van der Waals surface area contributed by atoms with Gasteiger partial charge in [-0.05, 0) is 53.9 Å². The molecule has 0 saturated heterocycles. The predicted molar refractivity (Wildman–Crippen MR) is 120 cm³/mol. The van der Waals surface area contributed by atoms with E-state index in [4.69, 9.17) is 18.0 Å². The number of halogens is 2. The second-order valence-electron chi connectivity index (χ2n) is 6.87. The van der Waals surface area contributed by atoms with Crippen LogP contribution in [0.15, 0.2) is 55.0 Å². The first kappa shape index (κ1) is 22.1. The van der Waals surface area contributed by atoms with E-state index in [1.807, 2.05) is 25.1 Å². The Hall–Kier alpha value is -3.59. The number of alkyl halides is 2. The number of hydrogen-bond acceptors (Lipinski definition) is 6. The van der Waals surface area contributed by atoms with E-state index in [1.165, 1.54) is 11.6 Å². The van der Waals surface area contributed by atoms with Crippen molar-refractivity contribution in [1.82, 2.24) is 15.2 Å². The number of nitrogens with zero attached hydrogens (tertiary/aromatic N) is 3. The minimum absolute atomic E-state index is 0.203. The summed E-state index contributed by atoms with van der Waals surface area (Å²) in [5.41, 5.74) is 9.39. The third kappa shape index (κ3) is 5.13. The fourth-order valence-corrected chi connectivity index (χ4v) is 3.06. The maximum absolute atomic E-state index is 13.5. The van der Waals surface area contributed by atoms with Crippen molar-refractivity contribution in [2.75, 3.05) is 5.32 Å². The number of pyridine rings is 1. The Morgan fingerprint density at radius 3 is 2.65 bits per heavy atom. The lowest BCUT2D eigenvalue weighted by Gasteiger charge is -2.12. The molecule has 1 aromatic carbocycles. The number of amides is 1. The zero-order chi connectivity index (χ0) is 22.6. The van der Waals surface area contributed by atoms with Gasteiger partial charge in [-0.3, -0.25) is 9.78 Å². The third-order valence-corrected chi connectivity index (χ3v) is 4.82. The highest BCUT2D eigenvalue weighted by Gasteiger charge is 2.26. The topological polar surface area (TPSA) is 93.8 Å². The molecule has 9 heteroatoms. The molecule has 3 rings (SSSR count). The lowest BCUT2D eigenvalue weighted by molar-refractivity contribution is 0.0169. The van der Waals surface area contributed by atoms with Gasteiger partial charge in [-0.25, -0.2) is 8.78 Å². The minimum Gasteiger partial charge on any atom is -0.404 e. The van der Waals surface area contributed by atoms with Crippen molar-refractivity contribution in [3.63, 3.8) is 0 Å². The van der Waals surface area contributed by atoms with Gasteiger partial charge in [0.05, 0.1) is 11.9 Å². The number of nitrogens with two attached hydrogens (primary N) is 1. The summed E-state index contributed by atoms with van der Waals surface area (Å²) in [4.78, 5) is 16.8. The minimum atomic E-state index is -3.12. The average molecular weight is 439 g/mol. The van der Waals surface area contributed by atoms with E-state index in [-0.39, 0.29) is 11.3 Å². The Bertz CT molecular complexity index is 1170. The average Bonchev–Trinajstić information content (AvgIpc) is 2.75. The quantitative estimate of drug-likeness (QED) is 0.434. The Kier molecular flexibility index (Phi) is 6.45. The molecule has 0 aliphatic carbocycles. The molecule has 6 nitrogen and oxygen atoms in total. The van der Waals surface area contributed by atoms with Crippen LogP contribution in [0.3, 0.4) is 0 Å². The summed E-state index contributed by atoms with van der Waals surface area (Å²) in [6.45, 7) is 2.66. The molecule has 0 radical (unpaired) electrons. The second kappa shape index (κ2) is 9.05. The zero-order valence-corrected chi connectivity index (χ0v) is 17.6. The predicted octanol–water partition coefficient (Wildman–Crippen LogP) is 4.51. The van der Waals surface area contributed by atoms with Crippen LogP contribution in [0.5, 0.6) is 0 Å². The van der Waals surface area contributed by atoms with Crippen LogP contribution >= 0.6 is 12.2 Å². The number of aryl methyl sites for hydroxylation is 1. The van der Waals surface area contributed by atoms with Crippen LogP contribution in [0.2, 0.25) is 0 Å². The van der Waals surface area contributed by atoms with Crippen molar-refractivity contribution < 1.29 is 13.6 Å². The number of carbonyl (C=O) groups is 1. The number of allylic oxidation sites excluding steroid dienone is 1. The first-order chi connectivity index (χ1) is 14.7. The van der Waals surface area contributed by atoms with Crippen molar-refractivity contribution >= 4 is 34.8 Å². The maximum Gasteiger partial charge on any atom is 0.276 e. The van der Waals surface area contributed by atoms with Crippen LogP contribution in [0.1, 0.15) is 34.2 Å². The molecule has 0 bridgehead atoms. The van der Waals surface area contributed by atoms with Gasteiger partial charge in [-0.2, -0.15) is 5.10 Å². The molecule has 2 heterocycles. The van der Waals surface area contributed by atoms with Crippen LogP contribution in [-0.4, -0.2) is 26.5 Å². The fraction of sp³-hybridized carbons (Fsp3) is 0.136. The first-order valence-corrected chi connectivity index (χ1v) is 9.67. The van der Waals surface area contributed by atoms with Crippen molar-refractivity contribution in [2.45, 2.75) is 19.8 Å². The van der Waals surface area contributed by atoms with Crippen molar-refractivity contribution in [1.29, 1.82) is 0 Å². The van der Waals surface area contributed by atoms with E-state index in [2.05, 4.69) is 20.5 Å². The van der Waals surface area contributed by atoms with E-state index in [0.717, 1.165) is 35.9 Å². The SMILES string of the molecule is Cc1ccc(NC(=O)c2cc(C(C)(F)F)cnn2)cc1-c1ccnc(/C(C=S)=C/N)c1. The number of rotatable bonds is 6. The van der Waals surface area contributed by atoms with Gasteiger partial charge < -0.3 is 11.1 Å². The molecule has 0 atom stereocenters. The molecule has 0 saturated carbocycles. The summed E-state index contributed by atoms with van der Waals surface area (Å²) in [7, 11) is 0. The Labute approximate surface area is 183 Å². The van der Waals surface area contributed by atoms with Crippen molar-refractivity contribution in [3.05, 3.63) is 77.5 Å². The summed E-state index contributed by atoms with van der Waals surface area (Å²) in [6.07, 6.45) is 3.97. The summed E-state index contributed by atoms with van der Waals surface area (Å²) < 4.78 is 27.1. The highest BCUT2D eigenvalue weighted by Crippen LogP contribution is 2.29. The lowest BCUT2D eigenvalue weighted by atomic mass is 9.99. The second-order valence-corrected chi connectivity index (χ2v) is 7.11. The monoisotopic (exact) mass is 439 g/mol. The zero-order valence-electron chi connectivity index (χ0n) is 16.8. The molecule has 3 aromatic rings. The van der Waals surface area contributed by atoms with E-state index in [1.54, 1.807) is 18.3 Å². The van der Waals surface area contributed by atoms with Gasteiger partial charge in [-0.1, -0.05) is 18.3 Å².